The van der Waals surface area contributed by atoms with Crippen LogP contribution in [-0.2, 0) is 34.4 Å². The Morgan fingerprint density at radius 1 is 1.32 bits per heavy atom. The first kappa shape index (κ1) is 24.7. The van der Waals surface area contributed by atoms with Crippen LogP contribution < -0.4 is 16.3 Å². The Kier molecular flexibility index (Phi) is 7.60. The number of hydrogen-bond acceptors (Lipinski definition) is 10. The Balaban J connectivity index is 1.87. The first-order valence-corrected chi connectivity index (χ1v) is 12.7. The van der Waals surface area contributed by atoms with Crippen LogP contribution in [-0.4, -0.2) is 56.9 Å². The predicted octanol–water partition coefficient (Wildman–Crippen LogP) is 1.02. The highest BCUT2D eigenvalue weighted by atomic mass is 31.2. The molecule has 1 fully saturated rings. The van der Waals surface area contributed by atoms with Gasteiger partial charge in [0.2, 0.25) is 6.79 Å². The minimum absolute atomic E-state index is 0.130. The van der Waals surface area contributed by atoms with Gasteiger partial charge in [0.05, 0.1) is 16.1 Å². The molecule has 5 atom stereocenters. The number of aliphatic hydroxyl groups is 2. The summed E-state index contributed by atoms with van der Waals surface area (Å²) in [6.07, 6.45) is -5.16. The molecule has 1 aliphatic rings. The fraction of sp³-hybridized carbons (Fsp3) is 0.522. The highest BCUT2D eigenvalue weighted by molar-refractivity contribution is 7.51. The molecule has 0 saturated carbocycles. The molecule has 204 valence electrons. The molecule has 1 unspecified atom stereocenters. The zero-order valence-electron chi connectivity index (χ0n) is 23.7. The third-order valence-corrected chi connectivity index (χ3v) is 6.67. The van der Waals surface area contributed by atoms with E-state index >= 15 is 0 Å². The van der Waals surface area contributed by atoms with Crippen molar-refractivity contribution in [1.29, 1.82) is 0 Å². The quantitative estimate of drug-likeness (QED) is 0.191. The average Bonchev–Trinajstić information content (AvgIpc) is 3.09. The molecule has 3 rings (SSSR count). The van der Waals surface area contributed by atoms with E-state index in [-0.39, 0.29) is 6.54 Å². The lowest BCUT2D eigenvalue weighted by Crippen LogP contribution is -2.46. The molecule has 14 heteroatoms. The molecule has 37 heavy (non-hydrogen) atoms. The molecule has 0 amide bonds. The van der Waals surface area contributed by atoms with Crippen molar-refractivity contribution in [3.8, 4) is 0 Å². The van der Waals surface area contributed by atoms with Gasteiger partial charge < -0.3 is 19.7 Å². The van der Waals surface area contributed by atoms with Crippen LogP contribution in [0.3, 0.4) is 0 Å². The molecular weight excluding hydrogens is 509 g/mol. The van der Waals surface area contributed by atoms with Crippen molar-refractivity contribution in [2.45, 2.75) is 58.3 Å². The monoisotopic (exact) mass is 544 g/mol. The van der Waals surface area contributed by atoms with E-state index in [1.165, 1.54) is 0 Å². The SMILES string of the molecule is [2H]c1cn([C@@H]2O[C@H](C([2H])([2H])OP(=O)(NCc3ccccc3)OCOC(=O)C(C)(C)C)[C@@H](O)[C@@]2(C)O)c(=O)[nH]c1=O. The second-order valence-corrected chi connectivity index (χ2v) is 11.2. The molecule has 4 N–H and O–H groups in total. The number of hydrogen-bond donors (Lipinski definition) is 4. The highest BCUT2D eigenvalue weighted by Crippen LogP contribution is 2.46. The number of H-pyrrole nitrogens is 1. The molecule has 1 aromatic heterocycles. The third kappa shape index (κ3) is 7.23. The lowest BCUT2D eigenvalue weighted by atomic mass is 9.96. The fourth-order valence-electron chi connectivity index (χ4n) is 3.18. The highest BCUT2D eigenvalue weighted by Gasteiger charge is 2.54. The maximum atomic E-state index is 13.6. The molecule has 1 aliphatic heterocycles. The van der Waals surface area contributed by atoms with Crippen LogP contribution in [0.1, 0.15) is 43.6 Å². The van der Waals surface area contributed by atoms with Crippen molar-refractivity contribution in [2.75, 3.05) is 13.4 Å². The van der Waals surface area contributed by atoms with Gasteiger partial charge in [0.25, 0.3) is 5.56 Å². The zero-order valence-corrected chi connectivity index (χ0v) is 21.6. The summed E-state index contributed by atoms with van der Waals surface area (Å²) in [6.45, 7) is 1.62. The van der Waals surface area contributed by atoms with Crippen LogP contribution in [0.2, 0.25) is 0 Å². The Hall–Kier alpha value is -2.64. The number of aromatic nitrogens is 2. The summed E-state index contributed by atoms with van der Waals surface area (Å²) in [5.41, 5.74) is -4.75. The standard InChI is InChI=1S/C23H32N3O10P/c1-22(2,3)20(29)33-14-35-37(32,24-12-15-8-6-5-7-9-15)34-13-16-18(28)23(4,31)19(36-16)26-11-10-17(27)25-21(26)30/h5-11,16,18-19,28,31H,12-14H2,1-4H3,(H,24,32)(H,25,27,30)/t16-,18-,19-,23-,37?/m1/s1/i10D,13D2. The summed E-state index contributed by atoms with van der Waals surface area (Å²) < 4.78 is 59.6. The van der Waals surface area contributed by atoms with Crippen LogP contribution in [0, 0.1) is 5.41 Å². The molecular formula is C23H32N3O10P. The Bertz CT molecular complexity index is 1380. The smallest absolute Gasteiger partial charge is 0.408 e. The van der Waals surface area contributed by atoms with Gasteiger partial charge in [0.15, 0.2) is 6.23 Å². The minimum Gasteiger partial charge on any atom is -0.438 e. The van der Waals surface area contributed by atoms with E-state index in [1.54, 1.807) is 51.1 Å². The van der Waals surface area contributed by atoms with Crippen LogP contribution in [0.5, 0.6) is 0 Å². The lowest BCUT2D eigenvalue weighted by Gasteiger charge is -2.27. The van der Waals surface area contributed by atoms with Crippen LogP contribution in [0.4, 0.5) is 0 Å². The average molecular weight is 545 g/mol. The van der Waals surface area contributed by atoms with Gasteiger partial charge in [-0.15, -0.1) is 0 Å². The number of nitrogens with one attached hydrogen (secondary N) is 2. The van der Waals surface area contributed by atoms with Crippen molar-refractivity contribution in [1.82, 2.24) is 14.6 Å². The van der Waals surface area contributed by atoms with Crippen molar-refractivity contribution in [3.63, 3.8) is 0 Å². The third-order valence-electron chi connectivity index (χ3n) is 5.34. The summed E-state index contributed by atoms with van der Waals surface area (Å²) in [6, 6.07) is 7.86. The maximum Gasteiger partial charge on any atom is 0.408 e. The van der Waals surface area contributed by atoms with Crippen molar-refractivity contribution in [2.24, 2.45) is 5.41 Å². The second kappa shape index (κ2) is 11.4. The minimum atomic E-state index is -4.67. The second-order valence-electron chi connectivity index (χ2n) is 9.48. The number of carbonyl (C=O) groups excluding carboxylic acids is 1. The summed E-state index contributed by atoms with van der Waals surface area (Å²) in [7, 11) is -4.67. The van der Waals surface area contributed by atoms with Gasteiger partial charge in [-0.1, -0.05) is 30.3 Å². The molecule has 13 nitrogen and oxygen atoms in total. The van der Waals surface area contributed by atoms with Gasteiger partial charge in [-0.2, -0.15) is 0 Å². The van der Waals surface area contributed by atoms with Crippen molar-refractivity contribution < 1.29 is 42.2 Å². The number of nitrogens with zero attached hydrogens (tertiary/aromatic N) is 1. The van der Waals surface area contributed by atoms with E-state index in [0.717, 1.165) is 13.1 Å². The maximum absolute atomic E-state index is 13.6. The summed E-state index contributed by atoms with van der Waals surface area (Å²) >= 11 is 0. The number of ether oxygens (including phenoxy) is 2. The normalized spacial score (nSPS) is 27.1. The first-order valence-electron chi connectivity index (χ1n) is 12.7. The van der Waals surface area contributed by atoms with Gasteiger partial charge in [0, 0.05) is 18.8 Å². The summed E-state index contributed by atoms with van der Waals surface area (Å²) in [5.74, 6) is -0.696. The summed E-state index contributed by atoms with van der Waals surface area (Å²) in [4.78, 5) is 37.9. The van der Waals surface area contributed by atoms with E-state index in [1.807, 2.05) is 4.98 Å². The van der Waals surface area contributed by atoms with Crippen LogP contribution >= 0.6 is 7.75 Å². The number of aliphatic hydroxyl groups excluding tert-OH is 1. The molecule has 0 bridgehead atoms. The van der Waals surface area contributed by atoms with Crippen LogP contribution in [0.25, 0.3) is 0 Å². The van der Waals surface area contributed by atoms with E-state index < -0.39 is 73.8 Å². The van der Waals surface area contributed by atoms with Gasteiger partial charge in [0.1, 0.15) is 17.8 Å². The molecule has 1 saturated heterocycles. The van der Waals surface area contributed by atoms with Crippen molar-refractivity contribution in [3.05, 3.63) is 69.0 Å². The van der Waals surface area contributed by atoms with E-state index in [9.17, 15) is 29.2 Å². The number of carbonyl (C=O) groups is 1. The Morgan fingerprint density at radius 2 is 2.00 bits per heavy atom. The van der Waals surface area contributed by atoms with Gasteiger partial charge in [-0.05, 0) is 33.3 Å². The fourth-order valence-corrected chi connectivity index (χ4v) is 4.20. The molecule has 1 aromatic carbocycles. The lowest BCUT2D eigenvalue weighted by molar-refractivity contribution is -0.160. The first-order chi connectivity index (χ1) is 18.4. The van der Waals surface area contributed by atoms with E-state index in [0.29, 0.717) is 10.1 Å². The van der Waals surface area contributed by atoms with Crippen LogP contribution in [0.15, 0.2) is 52.2 Å². The van der Waals surface area contributed by atoms with Crippen molar-refractivity contribution >= 4 is 13.7 Å². The van der Waals surface area contributed by atoms with Gasteiger partial charge >= 0.3 is 19.4 Å². The summed E-state index contributed by atoms with van der Waals surface area (Å²) in [5, 5.41) is 24.2. The molecule has 0 radical (unpaired) electrons. The molecule has 0 aliphatic carbocycles. The zero-order chi connectivity index (χ0) is 30.1. The van der Waals surface area contributed by atoms with E-state index in [4.69, 9.17) is 22.6 Å². The predicted molar refractivity (Wildman–Crippen MR) is 130 cm³/mol. The van der Waals surface area contributed by atoms with Gasteiger partial charge in [-0.3, -0.25) is 28.2 Å². The largest absolute Gasteiger partial charge is 0.438 e. The topological polar surface area (TPSA) is 178 Å². The molecule has 0 spiro atoms. The number of esters is 1. The number of aromatic amines is 1. The Labute approximate surface area is 217 Å². The molecule has 2 heterocycles. The van der Waals surface area contributed by atoms with Gasteiger partial charge in [-0.25, -0.2) is 14.4 Å². The number of benzene rings is 1. The molecule has 2 aromatic rings. The Morgan fingerprint density at radius 3 is 2.65 bits per heavy atom. The number of rotatable bonds is 10. The van der Waals surface area contributed by atoms with E-state index in [2.05, 4.69) is 5.09 Å².